The monoisotopic (exact) mass is 421 g/mol. The third-order valence-electron chi connectivity index (χ3n) is 4.31. The highest BCUT2D eigenvalue weighted by Crippen LogP contribution is 2.16. The number of ether oxygens (including phenoxy) is 1. The number of hydrogen-bond donors (Lipinski definition) is 1. The first kappa shape index (κ1) is 21.3. The average Bonchev–Trinajstić information content (AvgIpc) is 2.72. The van der Waals surface area contributed by atoms with Crippen molar-refractivity contribution in [3.05, 3.63) is 101 Å². The van der Waals surface area contributed by atoms with Crippen molar-refractivity contribution >= 4 is 27.6 Å². The van der Waals surface area contributed by atoms with E-state index in [1.807, 2.05) is 43.3 Å². The molecule has 0 amide bonds. The van der Waals surface area contributed by atoms with Gasteiger partial charge in [0.05, 0.1) is 6.26 Å². The van der Waals surface area contributed by atoms with Crippen molar-refractivity contribution in [3.8, 4) is 5.75 Å². The maximum atomic E-state index is 12.3. The lowest BCUT2D eigenvalue weighted by molar-refractivity contribution is 0.104. The minimum Gasteiger partial charge on any atom is -0.489 e. The molecule has 0 aliphatic rings. The molecule has 0 bridgehead atoms. The van der Waals surface area contributed by atoms with Crippen molar-refractivity contribution < 1.29 is 17.9 Å². The van der Waals surface area contributed by atoms with Crippen molar-refractivity contribution in [1.82, 2.24) is 0 Å². The second-order valence-corrected chi connectivity index (χ2v) is 8.74. The number of carbonyl (C=O) groups is 1. The van der Waals surface area contributed by atoms with Crippen LogP contribution in [0.15, 0.2) is 78.9 Å². The fourth-order valence-electron chi connectivity index (χ4n) is 2.71. The Kier molecular flexibility index (Phi) is 6.69. The smallest absolute Gasteiger partial charge is 0.229 e. The molecule has 0 unspecified atom stereocenters. The number of aryl methyl sites for hydroxylation is 1. The van der Waals surface area contributed by atoms with E-state index in [0.717, 1.165) is 23.1 Å². The summed E-state index contributed by atoms with van der Waals surface area (Å²) >= 11 is 0. The molecule has 1 N–H and O–H groups in total. The Labute approximate surface area is 177 Å². The van der Waals surface area contributed by atoms with Gasteiger partial charge in [0.1, 0.15) is 12.4 Å². The number of allylic oxidation sites excluding steroid dienone is 1. The van der Waals surface area contributed by atoms with E-state index in [1.165, 1.54) is 11.6 Å². The number of anilines is 1. The normalized spacial score (nSPS) is 11.4. The van der Waals surface area contributed by atoms with Crippen LogP contribution in [-0.2, 0) is 16.6 Å². The van der Waals surface area contributed by atoms with Gasteiger partial charge in [-0.3, -0.25) is 9.52 Å². The fraction of sp³-hybridized carbons (Fsp3) is 0.125. The molecule has 0 aliphatic carbocycles. The molecule has 0 fully saturated rings. The quantitative estimate of drug-likeness (QED) is 0.417. The van der Waals surface area contributed by atoms with Crippen LogP contribution in [0.25, 0.3) is 6.08 Å². The van der Waals surface area contributed by atoms with Crippen molar-refractivity contribution in [2.75, 3.05) is 11.0 Å². The molecule has 0 saturated carbocycles. The molecule has 3 aromatic rings. The van der Waals surface area contributed by atoms with Gasteiger partial charge in [0.2, 0.25) is 10.0 Å². The van der Waals surface area contributed by atoms with Crippen molar-refractivity contribution in [1.29, 1.82) is 0 Å². The van der Waals surface area contributed by atoms with Crippen LogP contribution in [-0.4, -0.2) is 20.5 Å². The Morgan fingerprint density at radius 1 is 0.933 bits per heavy atom. The van der Waals surface area contributed by atoms with Crippen LogP contribution in [0.2, 0.25) is 0 Å². The Balaban J connectivity index is 1.56. The summed E-state index contributed by atoms with van der Waals surface area (Å²) < 4.78 is 30.6. The molecular formula is C24H23NO4S. The topological polar surface area (TPSA) is 72.5 Å². The van der Waals surface area contributed by atoms with Gasteiger partial charge >= 0.3 is 0 Å². The zero-order valence-electron chi connectivity index (χ0n) is 16.8. The maximum absolute atomic E-state index is 12.3. The summed E-state index contributed by atoms with van der Waals surface area (Å²) in [6.07, 6.45) is 4.30. The lowest BCUT2D eigenvalue weighted by Crippen LogP contribution is -2.09. The molecule has 30 heavy (non-hydrogen) atoms. The second-order valence-electron chi connectivity index (χ2n) is 6.99. The molecule has 5 nitrogen and oxygen atoms in total. The molecular weight excluding hydrogens is 398 g/mol. The van der Waals surface area contributed by atoms with E-state index in [9.17, 15) is 13.2 Å². The molecule has 0 aromatic heterocycles. The second kappa shape index (κ2) is 9.41. The molecule has 6 heteroatoms. The number of ketones is 1. The third kappa shape index (κ3) is 6.60. The Morgan fingerprint density at radius 3 is 2.17 bits per heavy atom. The largest absolute Gasteiger partial charge is 0.489 e. The molecule has 3 aromatic carbocycles. The highest BCUT2D eigenvalue weighted by molar-refractivity contribution is 7.92. The summed E-state index contributed by atoms with van der Waals surface area (Å²) in [5.41, 5.74) is 4.09. The highest BCUT2D eigenvalue weighted by Gasteiger charge is 2.05. The van der Waals surface area contributed by atoms with E-state index in [4.69, 9.17) is 4.74 Å². The van der Waals surface area contributed by atoms with Crippen LogP contribution in [0.1, 0.15) is 27.0 Å². The van der Waals surface area contributed by atoms with E-state index in [0.29, 0.717) is 17.9 Å². The van der Waals surface area contributed by atoms with Gasteiger partial charge in [0, 0.05) is 11.3 Å². The van der Waals surface area contributed by atoms with Crippen LogP contribution >= 0.6 is 0 Å². The van der Waals surface area contributed by atoms with Gasteiger partial charge in [-0.1, -0.05) is 48.0 Å². The molecule has 0 atom stereocenters. The summed E-state index contributed by atoms with van der Waals surface area (Å²) in [6, 6.07) is 22.0. The minimum atomic E-state index is -3.34. The predicted octanol–water partition coefficient (Wildman–Crippen LogP) is 4.84. The van der Waals surface area contributed by atoms with E-state index >= 15 is 0 Å². The van der Waals surface area contributed by atoms with Gasteiger partial charge < -0.3 is 4.74 Å². The van der Waals surface area contributed by atoms with Crippen LogP contribution in [0.5, 0.6) is 5.75 Å². The summed E-state index contributed by atoms with van der Waals surface area (Å²) in [5, 5.41) is 0. The predicted molar refractivity (Wildman–Crippen MR) is 120 cm³/mol. The average molecular weight is 422 g/mol. The van der Waals surface area contributed by atoms with Crippen LogP contribution < -0.4 is 9.46 Å². The molecule has 3 rings (SSSR count). The van der Waals surface area contributed by atoms with Crippen molar-refractivity contribution in [2.24, 2.45) is 0 Å². The first-order chi connectivity index (χ1) is 14.3. The molecule has 154 valence electrons. The van der Waals surface area contributed by atoms with Crippen LogP contribution in [0, 0.1) is 6.92 Å². The summed E-state index contributed by atoms with van der Waals surface area (Å²) in [4.78, 5) is 12.3. The summed E-state index contributed by atoms with van der Waals surface area (Å²) in [5.74, 6) is 0.591. The van der Waals surface area contributed by atoms with Gasteiger partial charge in [-0.25, -0.2) is 8.42 Å². The Morgan fingerprint density at radius 2 is 1.57 bits per heavy atom. The first-order valence-corrected chi connectivity index (χ1v) is 11.3. The van der Waals surface area contributed by atoms with Crippen molar-refractivity contribution in [3.63, 3.8) is 0 Å². The number of hydrogen-bond acceptors (Lipinski definition) is 4. The number of carbonyl (C=O) groups excluding carboxylic acids is 1. The highest BCUT2D eigenvalue weighted by atomic mass is 32.2. The van der Waals surface area contributed by atoms with Gasteiger partial charge in [0.25, 0.3) is 0 Å². The summed E-state index contributed by atoms with van der Waals surface area (Å²) in [7, 11) is -3.34. The lowest BCUT2D eigenvalue weighted by atomic mass is 10.1. The van der Waals surface area contributed by atoms with Gasteiger partial charge in [-0.15, -0.1) is 0 Å². The SMILES string of the molecule is Cc1ccc(COc2ccc(C=CC(=O)c3ccc(NS(C)(=O)=O)cc3)cc2)cc1. The van der Waals surface area contributed by atoms with Crippen LogP contribution in [0.3, 0.4) is 0 Å². The zero-order chi connectivity index (χ0) is 21.6. The van der Waals surface area contributed by atoms with Gasteiger partial charge in [-0.2, -0.15) is 0 Å². The number of rotatable bonds is 8. The molecule has 0 radical (unpaired) electrons. The van der Waals surface area contributed by atoms with Gasteiger partial charge in [-0.05, 0) is 60.5 Å². The Bertz CT molecular complexity index is 1130. The maximum Gasteiger partial charge on any atom is 0.229 e. The zero-order valence-corrected chi connectivity index (χ0v) is 17.6. The van der Waals surface area contributed by atoms with Gasteiger partial charge in [0.15, 0.2) is 5.78 Å². The van der Waals surface area contributed by atoms with E-state index in [1.54, 1.807) is 30.3 Å². The van der Waals surface area contributed by atoms with Crippen molar-refractivity contribution in [2.45, 2.75) is 13.5 Å². The molecule has 0 spiro atoms. The lowest BCUT2D eigenvalue weighted by Gasteiger charge is -2.07. The Hall–Kier alpha value is -3.38. The number of benzene rings is 3. The molecule has 0 saturated heterocycles. The van der Waals surface area contributed by atoms with E-state index in [2.05, 4.69) is 16.9 Å². The fourth-order valence-corrected chi connectivity index (χ4v) is 3.28. The van der Waals surface area contributed by atoms with E-state index in [-0.39, 0.29) is 5.78 Å². The van der Waals surface area contributed by atoms with Crippen LogP contribution in [0.4, 0.5) is 5.69 Å². The third-order valence-corrected chi connectivity index (χ3v) is 4.91. The minimum absolute atomic E-state index is 0.166. The molecule has 0 heterocycles. The standard InChI is InChI=1S/C24H23NO4S/c1-18-3-5-20(6-4-18)17-29-23-14-7-19(8-15-23)9-16-24(26)21-10-12-22(13-11-21)25-30(2,27)28/h3-16,25H,17H2,1-2H3. The number of sulfonamides is 1. The summed E-state index contributed by atoms with van der Waals surface area (Å²) in [6.45, 7) is 2.55. The number of nitrogens with one attached hydrogen (secondary N) is 1. The van der Waals surface area contributed by atoms with E-state index < -0.39 is 10.0 Å². The first-order valence-electron chi connectivity index (χ1n) is 9.37. The molecule has 0 aliphatic heterocycles.